The van der Waals surface area contributed by atoms with Gasteiger partial charge in [0.05, 0.1) is 18.3 Å². The van der Waals surface area contributed by atoms with Crippen molar-refractivity contribution >= 4 is 43.7 Å². The first kappa shape index (κ1) is 20.1. The molecule has 0 aromatic rings. The minimum absolute atomic E-state index is 0.00924. The van der Waals surface area contributed by atoms with Gasteiger partial charge in [0.15, 0.2) is 0 Å². The summed E-state index contributed by atoms with van der Waals surface area (Å²) in [7, 11) is 0. The van der Waals surface area contributed by atoms with Crippen molar-refractivity contribution in [3.05, 3.63) is 0 Å². The van der Waals surface area contributed by atoms with E-state index in [0.29, 0.717) is 24.4 Å². The van der Waals surface area contributed by atoms with Crippen molar-refractivity contribution in [1.29, 1.82) is 0 Å². The smallest absolute Gasteiger partial charge is 0.306 e. The van der Waals surface area contributed by atoms with Gasteiger partial charge in [-0.2, -0.15) is 25.3 Å². The van der Waals surface area contributed by atoms with E-state index in [-0.39, 0.29) is 32.7 Å². The number of rotatable bonds is 12. The Morgan fingerprint density at radius 2 is 1.48 bits per heavy atom. The molecule has 0 aliphatic carbocycles. The molecule has 0 aromatic heterocycles. The predicted molar refractivity (Wildman–Crippen MR) is 83.6 cm³/mol. The van der Waals surface area contributed by atoms with Gasteiger partial charge in [0, 0.05) is 11.5 Å². The van der Waals surface area contributed by atoms with Crippen LogP contribution >= 0.6 is 25.3 Å². The Labute approximate surface area is 135 Å². The quantitative estimate of drug-likeness (QED) is 0.242. The molecular weight excluding hydrogens is 316 g/mol. The highest BCUT2D eigenvalue weighted by atomic mass is 32.1. The number of hydrogen-bond acceptors (Lipinski definition) is 8. The van der Waals surface area contributed by atoms with Crippen molar-refractivity contribution in [3.8, 4) is 0 Å². The zero-order chi connectivity index (χ0) is 16.1. The second-order valence-electron chi connectivity index (χ2n) is 4.53. The van der Waals surface area contributed by atoms with Gasteiger partial charge in [0.2, 0.25) is 0 Å². The molecule has 21 heavy (non-hydrogen) atoms. The largest absolute Gasteiger partial charge is 0.467 e. The van der Waals surface area contributed by atoms with Crippen LogP contribution in [-0.4, -0.2) is 49.7 Å². The summed E-state index contributed by atoms with van der Waals surface area (Å²) in [5, 5.41) is 0. The van der Waals surface area contributed by atoms with Gasteiger partial charge in [-0.1, -0.05) is 6.92 Å². The van der Waals surface area contributed by atoms with Gasteiger partial charge >= 0.3 is 11.9 Å². The Balaban J connectivity index is 4.60. The molecule has 122 valence electrons. The molecular formula is C13H22O6S2. The van der Waals surface area contributed by atoms with Crippen molar-refractivity contribution in [2.45, 2.75) is 26.2 Å². The van der Waals surface area contributed by atoms with E-state index in [9.17, 15) is 14.4 Å². The van der Waals surface area contributed by atoms with E-state index in [1.54, 1.807) is 0 Å². The van der Waals surface area contributed by atoms with Crippen LogP contribution in [0.2, 0.25) is 0 Å². The molecule has 0 saturated carbocycles. The molecule has 0 fully saturated rings. The Kier molecular flexibility index (Phi) is 11.2. The van der Waals surface area contributed by atoms with Crippen LogP contribution in [0.15, 0.2) is 0 Å². The molecule has 0 aliphatic heterocycles. The summed E-state index contributed by atoms with van der Waals surface area (Å²) in [6.45, 7) is 2.19. The molecule has 0 saturated heterocycles. The number of hydrogen-bond donors (Lipinski definition) is 2. The van der Waals surface area contributed by atoms with E-state index in [1.165, 1.54) is 0 Å². The molecule has 0 amide bonds. The highest BCUT2D eigenvalue weighted by molar-refractivity contribution is 7.80. The summed E-state index contributed by atoms with van der Waals surface area (Å²) >= 11 is 7.90. The summed E-state index contributed by atoms with van der Waals surface area (Å²) in [4.78, 5) is 33.2. The lowest BCUT2D eigenvalue weighted by Crippen LogP contribution is -2.38. The number of thiol groups is 2. The summed E-state index contributed by atoms with van der Waals surface area (Å²) in [5.74, 6) is -0.00867. The highest BCUT2D eigenvalue weighted by Crippen LogP contribution is 2.24. The van der Waals surface area contributed by atoms with Crippen LogP contribution in [0.5, 0.6) is 0 Å². The molecule has 0 atom stereocenters. The number of carbonyl (C=O) groups is 3. The molecule has 6 nitrogen and oxygen atoms in total. The van der Waals surface area contributed by atoms with Crippen molar-refractivity contribution in [3.63, 3.8) is 0 Å². The topological polar surface area (TPSA) is 78.9 Å². The van der Waals surface area contributed by atoms with Crippen LogP contribution in [-0.2, 0) is 28.6 Å². The van der Waals surface area contributed by atoms with Gasteiger partial charge in [-0.3, -0.25) is 14.4 Å². The van der Waals surface area contributed by atoms with E-state index in [0.717, 1.165) is 0 Å². The average Bonchev–Trinajstić information content (AvgIpc) is 2.48. The van der Waals surface area contributed by atoms with Gasteiger partial charge in [-0.25, -0.2) is 0 Å². The molecule has 0 unspecified atom stereocenters. The van der Waals surface area contributed by atoms with Gasteiger partial charge in [0.25, 0.3) is 6.47 Å². The van der Waals surface area contributed by atoms with Crippen molar-refractivity contribution in [2.24, 2.45) is 5.41 Å². The normalized spacial score (nSPS) is 10.8. The van der Waals surface area contributed by atoms with E-state index >= 15 is 0 Å². The zero-order valence-corrected chi connectivity index (χ0v) is 13.9. The highest BCUT2D eigenvalue weighted by Gasteiger charge is 2.33. The average molecular weight is 338 g/mol. The second-order valence-corrected chi connectivity index (χ2v) is 5.42. The number of ether oxygens (including phenoxy) is 3. The fourth-order valence-corrected chi connectivity index (χ4v) is 1.80. The maximum Gasteiger partial charge on any atom is 0.306 e. The molecule has 0 aromatic carbocycles. The van der Waals surface area contributed by atoms with E-state index in [2.05, 4.69) is 25.3 Å². The third kappa shape index (κ3) is 8.87. The van der Waals surface area contributed by atoms with Crippen LogP contribution in [0.25, 0.3) is 0 Å². The van der Waals surface area contributed by atoms with Crippen molar-refractivity contribution < 1.29 is 28.6 Å². The molecule has 0 heterocycles. The first-order chi connectivity index (χ1) is 10.0. The summed E-state index contributed by atoms with van der Waals surface area (Å²) in [6, 6.07) is 0. The number of esters is 2. The monoisotopic (exact) mass is 338 g/mol. The van der Waals surface area contributed by atoms with E-state index in [4.69, 9.17) is 14.2 Å². The Hall–Kier alpha value is -0.890. The minimum atomic E-state index is -0.737. The van der Waals surface area contributed by atoms with Crippen molar-refractivity contribution in [1.82, 2.24) is 0 Å². The lowest BCUT2D eigenvalue weighted by atomic mass is 9.88. The molecule has 0 aliphatic rings. The molecule has 0 spiro atoms. The van der Waals surface area contributed by atoms with Gasteiger partial charge in [-0.15, -0.1) is 0 Å². The van der Waals surface area contributed by atoms with Crippen LogP contribution in [0.4, 0.5) is 0 Å². The lowest BCUT2D eigenvalue weighted by Gasteiger charge is -2.30. The SMILES string of the molecule is CCC(COC=O)(COC(=O)CCS)COC(=O)CCS. The Morgan fingerprint density at radius 3 is 1.81 bits per heavy atom. The maximum atomic E-state index is 11.4. The Bertz CT molecular complexity index is 313. The fourth-order valence-electron chi connectivity index (χ4n) is 1.44. The second kappa shape index (κ2) is 11.7. The number of carbonyl (C=O) groups excluding carboxylic acids is 3. The molecule has 0 N–H and O–H groups in total. The van der Waals surface area contributed by atoms with Gasteiger partial charge in [0.1, 0.15) is 19.8 Å². The third-order valence-corrected chi connectivity index (χ3v) is 3.37. The van der Waals surface area contributed by atoms with Crippen LogP contribution in [0, 0.1) is 5.41 Å². The maximum absolute atomic E-state index is 11.4. The summed E-state index contributed by atoms with van der Waals surface area (Å²) < 4.78 is 15.1. The fraction of sp³-hybridized carbons (Fsp3) is 0.769. The van der Waals surface area contributed by atoms with Gasteiger partial charge < -0.3 is 14.2 Å². The van der Waals surface area contributed by atoms with E-state index < -0.39 is 17.4 Å². The molecule has 0 rings (SSSR count). The van der Waals surface area contributed by atoms with Gasteiger partial charge in [-0.05, 0) is 6.42 Å². The first-order valence-electron chi connectivity index (χ1n) is 6.61. The molecule has 0 radical (unpaired) electrons. The van der Waals surface area contributed by atoms with Crippen LogP contribution in [0.1, 0.15) is 26.2 Å². The predicted octanol–water partition coefficient (Wildman–Crippen LogP) is 1.28. The third-order valence-electron chi connectivity index (χ3n) is 2.92. The van der Waals surface area contributed by atoms with E-state index in [1.807, 2.05) is 6.92 Å². The standard InChI is InChI=1S/C13H22O6S2/c1-2-13(7-17-10-14,8-18-11(15)3-5-20)9-19-12(16)4-6-21/h10,20-21H,2-9H2,1H3. The lowest BCUT2D eigenvalue weighted by molar-refractivity contribution is -0.158. The molecule has 8 heteroatoms. The summed E-state index contributed by atoms with van der Waals surface area (Å²) in [5.41, 5.74) is -0.737. The van der Waals surface area contributed by atoms with Crippen LogP contribution < -0.4 is 0 Å². The Morgan fingerprint density at radius 1 is 1.00 bits per heavy atom. The first-order valence-corrected chi connectivity index (χ1v) is 7.88. The van der Waals surface area contributed by atoms with Crippen molar-refractivity contribution in [2.75, 3.05) is 31.3 Å². The molecule has 0 bridgehead atoms. The summed E-state index contributed by atoms with van der Waals surface area (Å²) in [6.07, 6.45) is 0.900. The minimum Gasteiger partial charge on any atom is -0.467 e. The van der Waals surface area contributed by atoms with Crippen LogP contribution in [0.3, 0.4) is 0 Å². The zero-order valence-electron chi connectivity index (χ0n) is 12.1.